The van der Waals surface area contributed by atoms with Crippen molar-refractivity contribution in [3.63, 3.8) is 0 Å². The number of nitrogens with one attached hydrogen (secondary N) is 2. The topological polar surface area (TPSA) is 49.8 Å². The van der Waals surface area contributed by atoms with E-state index in [1.807, 2.05) is 13.0 Å². The van der Waals surface area contributed by atoms with E-state index in [-0.39, 0.29) is 5.82 Å². The van der Waals surface area contributed by atoms with Gasteiger partial charge in [-0.1, -0.05) is 13.0 Å². The second-order valence-electron chi connectivity index (χ2n) is 4.32. The molecule has 0 atom stereocenters. The van der Waals surface area contributed by atoms with Gasteiger partial charge in [0.25, 0.3) is 0 Å². The molecule has 0 aliphatic heterocycles. The summed E-state index contributed by atoms with van der Waals surface area (Å²) in [6.07, 6.45) is 4.22. The van der Waals surface area contributed by atoms with E-state index >= 15 is 0 Å². The number of rotatable bonds is 5. The van der Waals surface area contributed by atoms with Crippen molar-refractivity contribution >= 4 is 17.3 Å². The third kappa shape index (κ3) is 3.64. The highest BCUT2D eigenvalue weighted by molar-refractivity contribution is 5.58. The fraction of sp³-hybridized carbons (Fsp3) is 0.286. The van der Waals surface area contributed by atoms with Crippen LogP contribution in [0.1, 0.15) is 18.9 Å². The summed E-state index contributed by atoms with van der Waals surface area (Å²) < 4.78 is 13.7. The first-order chi connectivity index (χ1) is 9.19. The molecular formula is C14H17FN4. The minimum Gasteiger partial charge on any atom is -0.369 e. The van der Waals surface area contributed by atoms with Crippen LogP contribution in [0, 0.1) is 12.7 Å². The lowest BCUT2D eigenvalue weighted by atomic mass is 10.2. The number of aromatic nitrogens is 2. The summed E-state index contributed by atoms with van der Waals surface area (Å²) in [5.41, 5.74) is 1.28. The van der Waals surface area contributed by atoms with E-state index in [1.165, 1.54) is 6.07 Å². The molecular weight excluding hydrogens is 243 g/mol. The Labute approximate surface area is 112 Å². The zero-order valence-corrected chi connectivity index (χ0v) is 11.1. The highest BCUT2D eigenvalue weighted by Crippen LogP contribution is 2.19. The zero-order valence-electron chi connectivity index (χ0n) is 11.1. The van der Waals surface area contributed by atoms with Crippen molar-refractivity contribution in [1.29, 1.82) is 0 Å². The van der Waals surface area contributed by atoms with Crippen LogP contribution in [0.5, 0.6) is 0 Å². The van der Waals surface area contributed by atoms with Crippen LogP contribution in [-0.2, 0) is 0 Å². The van der Waals surface area contributed by atoms with Crippen LogP contribution < -0.4 is 10.6 Å². The third-order valence-electron chi connectivity index (χ3n) is 2.58. The van der Waals surface area contributed by atoms with Gasteiger partial charge >= 0.3 is 0 Å². The Kier molecular flexibility index (Phi) is 4.28. The molecule has 0 bridgehead atoms. The molecule has 0 radical (unpaired) electrons. The van der Waals surface area contributed by atoms with Gasteiger partial charge in [-0.15, -0.1) is 0 Å². The van der Waals surface area contributed by atoms with Gasteiger partial charge in [0.1, 0.15) is 11.6 Å². The van der Waals surface area contributed by atoms with E-state index in [0.717, 1.165) is 18.5 Å². The molecule has 0 saturated heterocycles. The van der Waals surface area contributed by atoms with Crippen molar-refractivity contribution in [1.82, 2.24) is 9.97 Å². The number of aryl methyl sites for hydroxylation is 1. The predicted octanol–water partition coefficient (Wildman–Crippen LogP) is 3.49. The maximum absolute atomic E-state index is 13.7. The zero-order chi connectivity index (χ0) is 13.7. The van der Waals surface area contributed by atoms with Crippen molar-refractivity contribution in [2.75, 3.05) is 17.2 Å². The monoisotopic (exact) mass is 260 g/mol. The first-order valence-electron chi connectivity index (χ1n) is 6.28. The summed E-state index contributed by atoms with van der Waals surface area (Å²) >= 11 is 0. The second kappa shape index (κ2) is 6.13. The molecule has 1 aromatic heterocycles. The molecule has 0 saturated carbocycles. The van der Waals surface area contributed by atoms with Crippen LogP contribution in [0.25, 0.3) is 0 Å². The normalized spacial score (nSPS) is 10.3. The summed E-state index contributed by atoms with van der Waals surface area (Å²) in [6, 6.07) is 5.02. The Morgan fingerprint density at radius 1 is 1.21 bits per heavy atom. The molecule has 100 valence electrons. The molecule has 0 amide bonds. The Bertz CT molecular complexity index is 557. The number of nitrogens with zero attached hydrogens (tertiary/aromatic N) is 2. The van der Waals surface area contributed by atoms with Crippen molar-refractivity contribution in [2.24, 2.45) is 0 Å². The molecule has 2 aromatic rings. The molecule has 0 fully saturated rings. The Morgan fingerprint density at radius 3 is 2.74 bits per heavy atom. The van der Waals surface area contributed by atoms with E-state index in [0.29, 0.717) is 17.3 Å². The van der Waals surface area contributed by atoms with Gasteiger partial charge in [0, 0.05) is 6.54 Å². The van der Waals surface area contributed by atoms with E-state index in [1.54, 1.807) is 18.5 Å². The lowest BCUT2D eigenvalue weighted by molar-refractivity contribution is 0.630. The maximum atomic E-state index is 13.7. The quantitative estimate of drug-likeness (QED) is 0.864. The fourth-order valence-electron chi connectivity index (χ4n) is 1.62. The van der Waals surface area contributed by atoms with E-state index in [9.17, 15) is 4.39 Å². The molecule has 0 spiro atoms. The minimum absolute atomic E-state index is 0.297. The van der Waals surface area contributed by atoms with Crippen LogP contribution in [0.15, 0.2) is 30.6 Å². The Hall–Kier alpha value is -2.17. The Balaban J connectivity index is 2.14. The summed E-state index contributed by atoms with van der Waals surface area (Å²) in [7, 11) is 0. The molecule has 19 heavy (non-hydrogen) atoms. The third-order valence-corrected chi connectivity index (χ3v) is 2.58. The highest BCUT2D eigenvalue weighted by Gasteiger charge is 2.04. The van der Waals surface area contributed by atoms with Gasteiger partial charge in [-0.2, -0.15) is 0 Å². The SMILES string of the molecule is CCCNc1cncc(Nc2ccc(C)cc2F)n1. The van der Waals surface area contributed by atoms with Crippen LogP contribution in [-0.4, -0.2) is 16.5 Å². The van der Waals surface area contributed by atoms with Crippen molar-refractivity contribution in [2.45, 2.75) is 20.3 Å². The van der Waals surface area contributed by atoms with Gasteiger partial charge in [0.05, 0.1) is 18.1 Å². The molecule has 1 heterocycles. The highest BCUT2D eigenvalue weighted by atomic mass is 19.1. The van der Waals surface area contributed by atoms with Crippen LogP contribution in [0.4, 0.5) is 21.7 Å². The Morgan fingerprint density at radius 2 is 2.00 bits per heavy atom. The van der Waals surface area contributed by atoms with Crippen molar-refractivity contribution in [3.8, 4) is 0 Å². The summed E-state index contributed by atoms with van der Waals surface area (Å²) in [6.45, 7) is 4.75. The van der Waals surface area contributed by atoms with Gasteiger partial charge in [0.2, 0.25) is 0 Å². The van der Waals surface area contributed by atoms with Gasteiger partial charge in [-0.3, -0.25) is 4.98 Å². The fourth-order valence-corrected chi connectivity index (χ4v) is 1.62. The first-order valence-corrected chi connectivity index (χ1v) is 6.28. The van der Waals surface area contributed by atoms with Crippen LogP contribution in [0.2, 0.25) is 0 Å². The smallest absolute Gasteiger partial charge is 0.151 e. The molecule has 0 aliphatic carbocycles. The van der Waals surface area contributed by atoms with Crippen molar-refractivity contribution < 1.29 is 4.39 Å². The number of anilines is 3. The molecule has 5 heteroatoms. The average molecular weight is 260 g/mol. The van der Waals surface area contributed by atoms with E-state index < -0.39 is 0 Å². The average Bonchev–Trinajstić information content (AvgIpc) is 2.40. The summed E-state index contributed by atoms with van der Waals surface area (Å²) in [5.74, 6) is 0.900. The van der Waals surface area contributed by atoms with E-state index in [2.05, 4.69) is 27.5 Å². The van der Waals surface area contributed by atoms with Gasteiger partial charge < -0.3 is 10.6 Å². The minimum atomic E-state index is -0.297. The number of halogens is 1. The second-order valence-corrected chi connectivity index (χ2v) is 4.32. The molecule has 1 aromatic carbocycles. The number of hydrogen-bond donors (Lipinski definition) is 2. The molecule has 4 nitrogen and oxygen atoms in total. The number of benzene rings is 1. The first kappa shape index (κ1) is 13.3. The molecule has 2 N–H and O–H groups in total. The standard InChI is InChI=1S/C14H17FN4/c1-3-6-17-13-8-16-9-14(19-13)18-12-5-4-10(2)7-11(12)15/h4-5,7-9H,3,6H2,1-2H3,(H2,17,18,19). The van der Waals surface area contributed by atoms with E-state index in [4.69, 9.17) is 0 Å². The maximum Gasteiger partial charge on any atom is 0.151 e. The van der Waals surface area contributed by atoms with Crippen LogP contribution in [0.3, 0.4) is 0 Å². The van der Waals surface area contributed by atoms with Gasteiger partial charge in [-0.05, 0) is 31.0 Å². The lowest BCUT2D eigenvalue weighted by Gasteiger charge is -2.09. The predicted molar refractivity (Wildman–Crippen MR) is 75.2 cm³/mol. The number of hydrogen-bond acceptors (Lipinski definition) is 4. The molecule has 0 unspecified atom stereocenters. The van der Waals surface area contributed by atoms with Crippen molar-refractivity contribution in [3.05, 3.63) is 42.0 Å². The molecule has 2 rings (SSSR count). The summed E-state index contributed by atoms with van der Waals surface area (Å²) in [5, 5.41) is 6.06. The molecule has 0 aliphatic rings. The largest absolute Gasteiger partial charge is 0.369 e. The van der Waals surface area contributed by atoms with Crippen LogP contribution >= 0.6 is 0 Å². The summed E-state index contributed by atoms with van der Waals surface area (Å²) in [4.78, 5) is 8.39. The lowest BCUT2D eigenvalue weighted by Crippen LogP contribution is -2.04. The van der Waals surface area contributed by atoms with Gasteiger partial charge in [-0.25, -0.2) is 9.37 Å². The van der Waals surface area contributed by atoms with Gasteiger partial charge in [0.15, 0.2) is 5.82 Å².